The van der Waals surface area contributed by atoms with Crippen LogP contribution in [0.2, 0.25) is 0 Å². The molecule has 1 aliphatic heterocycles. The lowest BCUT2D eigenvalue weighted by molar-refractivity contribution is -0.154. The van der Waals surface area contributed by atoms with Gasteiger partial charge in [-0.3, -0.25) is 4.79 Å². The monoisotopic (exact) mass is 301 g/mol. The van der Waals surface area contributed by atoms with Crippen LogP contribution in [0, 0.1) is 0 Å². The number of hydrogen-bond acceptors (Lipinski definition) is 4. The highest BCUT2D eigenvalue weighted by molar-refractivity contribution is 5.85. The first kappa shape index (κ1) is 14.6. The summed E-state index contributed by atoms with van der Waals surface area (Å²) in [6.07, 6.45) is 6.49. The Bertz CT molecular complexity index is 662. The summed E-state index contributed by atoms with van der Waals surface area (Å²) in [5.74, 6) is -0.401. The lowest BCUT2D eigenvalue weighted by atomic mass is 10.0. The largest absolute Gasteiger partial charge is 0.467 e. The van der Waals surface area contributed by atoms with Crippen LogP contribution in [0.4, 0.5) is 0 Å². The summed E-state index contributed by atoms with van der Waals surface area (Å²) in [4.78, 5) is 30.5. The quantitative estimate of drug-likeness (QED) is 0.805. The molecule has 1 aliphatic rings. The smallest absolute Gasteiger partial charge is 0.328 e. The van der Waals surface area contributed by atoms with E-state index in [9.17, 15) is 9.59 Å². The van der Waals surface area contributed by atoms with Gasteiger partial charge in [0.15, 0.2) is 0 Å². The molecular formula is C16H19N3O3. The number of ether oxygens (including phenoxy) is 1. The zero-order valence-corrected chi connectivity index (χ0v) is 12.6. The fourth-order valence-corrected chi connectivity index (χ4v) is 2.94. The van der Waals surface area contributed by atoms with E-state index in [1.807, 2.05) is 35.0 Å². The number of esters is 1. The molecule has 22 heavy (non-hydrogen) atoms. The molecule has 1 unspecified atom stereocenters. The van der Waals surface area contributed by atoms with Crippen molar-refractivity contribution in [3.05, 3.63) is 36.3 Å². The molecule has 1 atom stereocenters. The SMILES string of the molecule is COC(=O)C1CCCCN1C(=O)Cc1cn2ccccc2n1. The number of amides is 1. The molecule has 116 valence electrons. The molecule has 0 aromatic carbocycles. The number of likely N-dealkylation sites (tertiary alicyclic amines) is 1. The molecule has 1 amide bonds. The summed E-state index contributed by atoms with van der Waals surface area (Å²) >= 11 is 0. The summed E-state index contributed by atoms with van der Waals surface area (Å²) in [6.45, 7) is 0.603. The highest BCUT2D eigenvalue weighted by Gasteiger charge is 2.32. The number of piperidine rings is 1. The van der Waals surface area contributed by atoms with Gasteiger partial charge in [0.25, 0.3) is 0 Å². The second-order valence-electron chi connectivity index (χ2n) is 5.50. The standard InChI is InChI=1S/C16H19N3O3/c1-22-16(21)13-6-2-5-9-19(13)15(20)10-12-11-18-8-4-3-7-14(18)17-12/h3-4,7-8,11,13H,2,5-6,9-10H2,1H3. The third-order valence-corrected chi connectivity index (χ3v) is 4.04. The molecule has 1 fully saturated rings. The maximum absolute atomic E-state index is 12.5. The molecule has 0 spiro atoms. The minimum atomic E-state index is -0.455. The van der Waals surface area contributed by atoms with Crippen LogP contribution in [-0.2, 0) is 20.7 Å². The van der Waals surface area contributed by atoms with E-state index in [1.54, 1.807) is 4.90 Å². The maximum Gasteiger partial charge on any atom is 0.328 e. The van der Waals surface area contributed by atoms with Gasteiger partial charge in [-0.2, -0.15) is 0 Å². The second kappa shape index (κ2) is 6.17. The van der Waals surface area contributed by atoms with Crippen LogP contribution < -0.4 is 0 Å². The van der Waals surface area contributed by atoms with Gasteiger partial charge in [-0.25, -0.2) is 9.78 Å². The van der Waals surface area contributed by atoms with Crippen molar-refractivity contribution >= 4 is 17.5 Å². The molecule has 1 saturated heterocycles. The van der Waals surface area contributed by atoms with E-state index in [0.29, 0.717) is 18.7 Å². The maximum atomic E-state index is 12.5. The van der Waals surface area contributed by atoms with E-state index in [-0.39, 0.29) is 18.3 Å². The number of pyridine rings is 1. The molecule has 0 N–H and O–H groups in total. The van der Waals surface area contributed by atoms with Gasteiger partial charge in [0.2, 0.25) is 5.91 Å². The van der Waals surface area contributed by atoms with Gasteiger partial charge < -0.3 is 14.0 Å². The van der Waals surface area contributed by atoms with Crippen LogP contribution in [0.25, 0.3) is 5.65 Å². The molecule has 3 heterocycles. The Morgan fingerprint density at radius 1 is 1.36 bits per heavy atom. The van der Waals surface area contributed by atoms with Crippen molar-refractivity contribution in [1.82, 2.24) is 14.3 Å². The summed E-state index contributed by atoms with van der Waals surface area (Å²) < 4.78 is 6.70. The van der Waals surface area contributed by atoms with E-state index < -0.39 is 6.04 Å². The number of imidazole rings is 1. The Labute approximate surface area is 128 Å². The van der Waals surface area contributed by atoms with Gasteiger partial charge in [-0.05, 0) is 31.4 Å². The third-order valence-electron chi connectivity index (χ3n) is 4.04. The number of methoxy groups -OCH3 is 1. The first-order chi connectivity index (χ1) is 10.7. The Morgan fingerprint density at radius 3 is 3.00 bits per heavy atom. The lowest BCUT2D eigenvalue weighted by Crippen LogP contribution is -2.49. The van der Waals surface area contributed by atoms with Crippen LogP contribution >= 0.6 is 0 Å². The molecule has 0 bridgehead atoms. The summed E-state index contributed by atoms with van der Waals surface area (Å²) in [6, 6.07) is 5.26. The van der Waals surface area contributed by atoms with Crippen molar-refractivity contribution in [2.24, 2.45) is 0 Å². The highest BCUT2D eigenvalue weighted by Crippen LogP contribution is 2.19. The molecule has 0 aliphatic carbocycles. The molecular weight excluding hydrogens is 282 g/mol. The molecule has 6 heteroatoms. The summed E-state index contributed by atoms with van der Waals surface area (Å²) in [5.41, 5.74) is 1.53. The van der Waals surface area contributed by atoms with Crippen LogP contribution in [0.5, 0.6) is 0 Å². The summed E-state index contributed by atoms with van der Waals surface area (Å²) in [5, 5.41) is 0. The average molecular weight is 301 g/mol. The van der Waals surface area contributed by atoms with Crippen LogP contribution in [0.1, 0.15) is 25.0 Å². The fraction of sp³-hybridized carbons (Fsp3) is 0.438. The molecule has 0 radical (unpaired) electrons. The van der Waals surface area contributed by atoms with E-state index >= 15 is 0 Å². The Balaban J connectivity index is 1.75. The van der Waals surface area contributed by atoms with Crippen LogP contribution in [0.3, 0.4) is 0 Å². The van der Waals surface area contributed by atoms with Crippen molar-refractivity contribution in [2.75, 3.05) is 13.7 Å². The number of rotatable bonds is 3. The highest BCUT2D eigenvalue weighted by atomic mass is 16.5. The van der Waals surface area contributed by atoms with Crippen molar-refractivity contribution in [2.45, 2.75) is 31.7 Å². The summed E-state index contributed by atoms with van der Waals surface area (Å²) in [7, 11) is 1.36. The zero-order chi connectivity index (χ0) is 15.5. The van der Waals surface area contributed by atoms with Crippen molar-refractivity contribution < 1.29 is 14.3 Å². The number of carbonyl (C=O) groups is 2. The van der Waals surface area contributed by atoms with Crippen LogP contribution in [0.15, 0.2) is 30.6 Å². The van der Waals surface area contributed by atoms with Gasteiger partial charge in [-0.15, -0.1) is 0 Å². The number of nitrogens with zero attached hydrogens (tertiary/aromatic N) is 3. The zero-order valence-electron chi connectivity index (χ0n) is 12.6. The topological polar surface area (TPSA) is 63.9 Å². The first-order valence-corrected chi connectivity index (χ1v) is 7.49. The predicted octanol–water partition coefficient (Wildman–Crippen LogP) is 1.43. The molecule has 2 aromatic heterocycles. The third kappa shape index (κ3) is 2.81. The second-order valence-corrected chi connectivity index (χ2v) is 5.50. The first-order valence-electron chi connectivity index (χ1n) is 7.49. The molecule has 3 rings (SSSR count). The van der Waals surface area contributed by atoms with E-state index in [1.165, 1.54) is 7.11 Å². The number of hydrogen-bond donors (Lipinski definition) is 0. The van der Waals surface area contributed by atoms with Gasteiger partial charge in [0, 0.05) is 18.9 Å². The van der Waals surface area contributed by atoms with Gasteiger partial charge in [0.05, 0.1) is 19.2 Å². The van der Waals surface area contributed by atoms with E-state index in [4.69, 9.17) is 4.74 Å². The minimum Gasteiger partial charge on any atom is -0.467 e. The van der Waals surface area contributed by atoms with Crippen molar-refractivity contribution in [1.29, 1.82) is 0 Å². The number of aromatic nitrogens is 2. The van der Waals surface area contributed by atoms with Gasteiger partial charge >= 0.3 is 5.97 Å². The Kier molecular flexibility index (Phi) is 4.09. The lowest BCUT2D eigenvalue weighted by Gasteiger charge is -2.33. The number of carbonyl (C=O) groups excluding carboxylic acids is 2. The van der Waals surface area contributed by atoms with Gasteiger partial charge in [0.1, 0.15) is 11.7 Å². The van der Waals surface area contributed by atoms with E-state index in [2.05, 4.69) is 4.98 Å². The Morgan fingerprint density at radius 2 is 2.23 bits per heavy atom. The number of fused-ring (bicyclic) bond motifs is 1. The average Bonchev–Trinajstić information content (AvgIpc) is 2.96. The molecule has 2 aromatic rings. The predicted molar refractivity (Wildman–Crippen MR) is 80.3 cm³/mol. The van der Waals surface area contributed by atoms with Crippen molar-refractivity contribution in [3.8, 4) is 0 Å². The van der Waals surface area contributed by atoms with Crippen LogP contribution in [-0.4, -0.2) is 45.9 Å². The van der Waals surface area contributed by atoms with Gasteiger partial charge in [-0.1, -0.05) is 6.07 Å². The normalized spacial score (nSPS) is 18.4. The minimum absolute atomic E-state index is 0.0708. The fourth-order valence-electron chi connectivity index (χ4n) is 2.94. The molecule has 6 nitrogen and oxygen atoms in total. The Hall–Kier alpha value is -2.37. The van der Waals surface area contributed by atoms with E-state index in [0.717, 1.165) is 18.5 Å². The molecule has 0 saturated carbocycles. The van der Waals surface area contributed by atoms with Crippen molar-refractivity contribution in [3.63, 3.8) is 0 Å².